The number of carboxylic acid groups (broad SMARTS) is 1. The molecule has 0 fully saturated rings. The number of carbonyl (C=O) groups is 4. The number of hydrogen-bond donors (Lipinski definition) is 6. The van der Waals surface area contributed by atoms with Gasteiger partial charge >= 0.3 is 18.0 Å². The predicted molar refractivity (Wildman–Crippen MR) is 141 cm³/mol. The number of ether oxygens (including phenoxy) is 1. The fourth-order valence-corrected chi connectivity index (χ4v) is 3.44. The zero-order valence-electron chi connectivity index (χ0n) is 21.3. The Labute approximate surface area is 216 Å². The van der Waals surface area contributed by atoms with Crippen molar-refractivity contribution in [2.45, 2.75) is 45.6 Å². The highest BCUT2D eigenvalue weighted by Crippen LogP contribution is 2.26. The van der Waals surface area contributed by atoms with Crippen LogP contribution in [-0.4, -0.2) is 55.3 Å². The van der Waals surface area contributed by atoms with Crippen LogP contribution in [0.25, 0.3) is 0 Å². The lowest BCUT2D eigenvalue weighted by atomic mass is 10.1. The Morgan fingerprint density at radius 3 is 2.35 bits per heavy atom. The fraction of sp³-hybridized carbons (Fsp3) is 0.385. The number of urea groups is 2. The van der Waals surface area contributed by atoms with Gasteiger partial charge in [0.1, 0.15) is 5.75 Å². The Kier molecular flexibility index (Phi) is 11.7. The first-order chi connectivity index (χ1) is 17.7. The third-order valence-electron chi connectivity index (χ3n) is 5.37. The summed E-state index contributed by atoms with van der Waals surface area (Å²) in [5.74, 6) is -0.624. The van der Waals surface area contributed by atoms with Crippen LogP contribution in [-0.2, 0) is 16.0 Å². The van der Waals surface area contributed by atoms with Gasteiger partial charge in [0.2, 0.25) is 5.91 Å². The molecule has 0 aromatic heterocycles. The van der Waals surface area contributed by atoms with E-state index in [4.69, 9.17) is 9.84 Å². The Morgan fingerprint density at radius 2 is 1.65 bits per heavy atom. The van der Waals surface area contributed by atoms with E-state index in [1.807, 2.05) is 37.3 Å². The number of aryl methyl sites for hydroxylation is 2. The molecule has 0 saturated carbocycles. The zero-order valence-corrected chi connectivity index (χ0v) is 21.3. The number of rotatable bonds is 13. The lowest BCUT2D eigenvalue weighted by Crippen LogP contribution is -2.42. The normalized spacial score (nSPS) is 11.1. The third kappa shape index (κ3) is 10.9. The fourth-order valence-electron chi connectivity index (χ4n) is 3.44. The van der Waals surface area contributed by atoms with Crippen LogP contribution >= 0.6 is 0 Å². The first-order valence-corrected chi connectivity index (χ1v) is 12.0. The van der Waals surface area contributed by atoms with Gasteiger partial charge in [0.25, 0.3) is 0 Å². The van der Waals surface area contributed by atoms with Crippen molar-refractivity contribution in [1.82, 2.24) is 16.0 Å². The Hall–Kier alpha value is -4.28. The maximum absolute atomic E-state index is 12.4. The number of para-hydroxylation sites is 1. The molecule has 0 spiro atoms. The summed E-state index contributed by atoms with van der Waals surface area (Å²) in [6, 6.07) is 11.5. The monoisotopic (exact) mass is 513 g/mol. The smallest absolute Gasteiger partial charge is 0.323 e. The van der Waals surface area contributed by atoms with Crippen molar-refractivity contribution in [2.24, 2.45) is 0 Å². The van der Waals surface area contributed by atoms with Crippen LogP contribution in [0.15, 0.2) is 42.5 Å². The van der Waals surface area contributed by atoms with Crippen LogP contribution < -0.4 is 31.3 Å². The van der Waals surface area contributed by atoms with Crippen molar-refractivity contribution in [1.29, 1.82) is 0 Å². The molecule has 6 N–H and O–H groups in total. The number of carboxylic acids is 1. The molecule has 0 heterocycles. The lowest BCUT2D eigenvalue weighted by Gasteiger charge is -2.14. The lowest BCUT2D eigenvalue weighted by molar-refractivity contribution is -0.137. The van der Waals surface area contributed by atoms with E-state index >= 15 is 0 Å². The summed E-state index contributed by atoms with van der Waals surface area (Å²) in [6.45, 7) is 4.25. The molecule has 0 radical (unpaired) electrons. The molecule has 0 bridgehead atoms. The topological polar surface area (TPSA) is 158 Å². The number of aliphatic carboxylic acids is 1. The molecule has 200 valence electrons. The van der Waals surface area contributed by atoms with Gasteiger partial charge in [-0.2, -0.15) is 0 Å². The van der Waals surface area contributed by atoms with Gasteiger partial charge in [-0.25, -0.2) is 9.59 Å². The van der Waals surface area contributed by atoms with Gasteiger partial charge in [0, 0.05) is 31.2 Å². The summed E-state index contributed by atoms with van der Waals surface area (Å²) in [5, 5.41) is 22.2. The highest BCUT2D eigenvalue weighted by atomic mass is 16.5. The zero-order chi connectivity index (χ0) is 27.2. The molecule has 11 heteroatoms. The second-order valence-corrected chi connectivity index (χ2v) is 8.53. The molecule has 11 nitrogen and oxygen atoms in total. The molecule has 0 aliphatic heterocycles. The Bertz CT molecular complexity index is 1090. The molecule has 2 aromatic carbocycles. The van der Waals surface area contributed by atoms with Gasteiger partial charge in [0.05, 0.1) is 19.2 Å². The minimum absolute atomic E-state index is 0.127. The van der Waals surface area contributed by atoms with Crippen molar-refractivity contribution < 1.29 is 29.0 Å². The molecular weight excluding hydrogens is 478 g/mol. The van der Waals surface area contributed by atoms with Crippen molar-refractivity contribution in [3.63, 3.8) is 0 Å². The molecule has 37 heavy (non-hydrogen) atoms. The molecule has 0 saturated heterocycles. The van der Waals surface area contributed by atoms with Crippen LogP contribution in [0.2, 0.25) is 0 Å². The summed E-state index contributed by atoms with van der Waals surface area (Å²) in [6.07, 6.45) is 1.13. The van der Waals surface area contributed by atoms with Crippen molar-refractivity contribution in [2.75, 3.05) is 30.8 Å². The molecule has 1 unspecified atom stereocenters. The van der Waals surface area contributed by atoms with Gasteiger partial charge in [0.15, 0.2) is 0 Å². The average Bonchev–Trinajstić information content (AvgIpc) is 2.84. The highest BCUT2D eigenvalue weighted by molar-refractivity contribution is 6.01. The quantitative estimate of drug-likeness (QED) is 0.226. The van der Waals surface area contributed by atoms with E-state index in [1.165, 1.54) is 7.11 Å². The third-order valence-corrected chi connectivity index (χ3v) is 5.37. The second-order valence-electron chi connectivity index (χ2n) is 8.53. The summed E-state index contributed by atoms with van der Waals surface area (Å²) in [5.41, 5.74) is 3.05. The number of hydrogen-bond acceptors (Lipinski definition) is 5. The standard InChI is InChI=1S/C26H35N5O6/c1-17-7-4-5-8-20(17)30-26(36)31-21-11-9-19(16-22(21)37-3)10-12-23(32)27-13-6-14-28-25(35)29-18(2)15-24(33)34/h4-5,7-9,11,16,18H,6,10,12-15H2,1-3H3,(H,27,32)(H,33,34)(H2,28,29,35)(H2,30,31,36). The number of nitrogens with one attached hydrogen (secondary N) is 5. The molecule has 2 rings (SSSR count). The van der Waals surface area contributed by atoms with E-state index in [-0.39, 0.29) is 24.8 Å². The summed E-state index contributed by atoms with van der Waals surface area (Å²) in [4.78, 5) is 46.9. The number of benzene rings is 2. The molecule has 0 aliphatic carbocycles. The first kappa shape index (κ1) is 29.0. The average molecular weight is 514 g/mol. The van der Waals surface area contributed by atoms with Gasteiger partial charge < -0.3 is 36.4 Å². The molecular formula is C26H35N5O6. The Balaban J connectivity index is 1.71. The van der Waals surface area contributed by atoms with E-state index in [0.717, 1.165) is 11.1 Å². The number of anilines is 2. The van der Waals surface area contributed by atoms with Gasteiger partial charge in [-0.15, -0.1) is 0 Å². The van der Waals surface area contributed by atoms with Gasteiger partial charge in [-0.3, -0.25) is 9.59 Å². The predicted octanol–water partition coefficient (Wildman–Crippen LogP) is 3.25. The number of carbonyl (C=O) groups excluding carboxylic acids is 3. The van der Waals surface area contributed by atoms with Crippen LogP contribution in [0.1, 0.15) is 37.3 Å². The van der Waals surface area contributed by atoms with Crippen LogP contribution in [0.5, 0.6) is 5.75 Å². The summed E-state index contributed by atoms with van der Waals surface area (Å²) in [7, 11) is 1.51. The molecule has 0 aliphatic rings. The summed E-state index contributed by atoms with van der Waals surface area (Å²) >= 11 is 0. The minimum atomic E-state index is -0.983. The minimum Gasteiger partial charge on any atom is -0.495 e. The van der Waals surface area contributed by atoms with Gasteiger partial charge in [-0.1, -0.05) is 24.3 Å². The molecule has 1 atom stereocenters. The second kappa shape index (κ2) is 15.0. The van der Waals surface area contributed by atoms with Crippen LogP contribution in [0, 0.1) is 6.92 Å². The SMILES string of the molecule is COc1cc(CCC(=O)NCCCNC(=O)NC(C)CC(=O)O)ccc1NC(=O)Nc1ccccc1C. The maximum atomic E-state index is 12.4. The number of amides is 5. The highest BCUT2D eigenvalue weighted by Gasteiger charge is 2.12. The van der Waals surface area contributed by atoms with Crippen LogP contribution in [0.4, 0.5) is 21.0 Å². The Morgan fingerprint density at radius 1 is 0.946 bits per heavy atom. The van der Waals surface area contributed by atoms with Gasteiger partial charge in [-0.05, 0) is 56.0 Å². The van der Waals surface area contributed by atoms with E-state index in [9.17, 15) is 19.2 Å². The van der Waals surface area contributed by atoms with E-state index in [0.29, 0.717) is 43.1 Å². The largest absolute Gasteiger partial charge is 0.495 e. The van der Waals surface area contributed by atoms with E-state index in [2.05, 4.69) is 26.6 Å². The molecule has 2 aromatic rings. The number of methoxy groups -OCH3 is 1. The van der Waals surface area contributed by atoms with Crippen molar-refractivity contribution >= 4 is 35.3 Å². The van der Waals surface area contributed by atoms with Crippen molar-refractivity contribution in [3.05, 3.63) is 53.6 Å². The maximum Gasteiger partial charge on any atom is 0.323 e. The van der Waals surface area contributed by atoms with Crippen molar-refractivity contribution in [3.8, 4) is 5.75 Å². The van der Waals surface area contributed by atoms with Crippen LogP contribution in [0.3, 0.4) is 0 Å². The van der Waals surface area contributed by atoms with E-state index < -0.39 is 18.0 Å². The summed E-state index contributed by atoms with van der Waals surface area (Å²) < 4.78 is 5.41. The first-order valence-electron chi connectivity index (χ1n) is 12.0. The van der Waals surface area contributed by atoms with E-state index in [1.54, 1.807) is 19.1 Å². The molecule has 5 amide bonds.